The van der Waals surface area contributed by atoms with Crippen molar-refractivity contribution < 1.29 is 9.53 Å². The number of nitrogens with zero attached hydrogens (tertiary/aromatic N) is 1. The van der Waals surface area contributed by atoms with Crippen LogP contribution in [-0.4, -0.2) is 23.1 Å². The molecule has 0 radical (unpaired) electrons. The van der Waals surface area contributed by atoms with Crippen molar-refractivity contribution >= 4 is 16.9 Å². The summed E-state index contributed by atoms with van der Waals surface area (Å²) < 4.78 is 6.10. The highest BCUT2D eigenvalue weighted by molar-refractivity contribution is 5.91. The number of ether oxygens (including phenoxy) is 1. The van der Waals surface area contributed by atoms with Crippen LogP contribution >= 0.6 is 0 Å². The molecule has 4 aromatic rings. The molecule has 4 nitrogen and oxygen atoms in total. The van der Waals surface area contributed by atoms with Gasteiger partial charge in [0.25, 0.3) is 0 Å². The van der Waals surface area contributed by atoms with Crippen LogP contribution in [0.15, 0.2) is 97.1 Å². The predicted octanol–water partition coefficient (Wildman–Crippen LogP) is 4.57. The van der Waals surface area contributed by atoms with Gasteiger partial charge < -0.3 is 10.5 Å². The van der Waals surface area contributed by atoms with Crippen LogP contribution in [-0.2, 0) is 17.6 Å². The Morgan fingerprint density at radius 2 is 1.33 bits per heavy atom. The number of hydrogen-bond donors (Lipinski definition) is 1. The molecule has 0 aliphatic rings. The molecule has 4 heteroatoms. The Kier molecular flexibility index (Phi) is 5.87. The Bertz CT molecular complexity index is 1090. The first-order valence-electron chi connectivity index (χ1n) is 10.0. The second-order valence-electron chi connectivity index (χ2n) is 7.49. The molecule has 0 fully saturated rings. The molecule has 0 aliphatic heterocycles. The van der Waals surface area contributed by atoms with Gasteiger partial charge in [0.2, 0.25) is 0 Å². The van der Waals surface area contributed by atoms with Crippen LogP contribution in [0.2, 0.25) is 0 Å². The Morgan fingerprint density at radius 3 is 1.93 bits per heavy atom. The van der Waals surface area contributed by atoms with E-state index in [1.807, 2.05) is 91.0 Å². The van der Waals surface area contributed by atoms with Gasteiger partial charge in [-0.15, -0.1) is 0 Å². The zero-order valence-corrected chi connectivity index (χ0v) is 16.7. The molecule has 4 rings (SSSR count). The maximum Gasteiger partial charge on any atom is 0.357 e. The molecule has 3 aromatic carbocycles. The minimum absolute atomic E-state index is 0.204. The summed E-state index contributed by atoms with van der Waals surface area (Å²) in [5.41, 5.74) is 8.54. The van der Waals surface area contributed by atoms with E-state index in [0.29, 0.717) is 12.8 Å². The topological polar surface area (TPSA) is 65.2 Å². The highest BCUT2D eigenvalue weighted by atomic mass is 16.6. The fraction of sp³-hybridized carbons (Fsp3) is 0.154. The van der Waals surface area contributed by atoms with E-state index >= 15 is 0 Å². The molecule has 0 spiro atoms. The van der Waals surface area contributed by atoms with Crippen LogP contribution in [0.4, 0.5) is 0 Å². The second-order valence-corrected chi connectivity index (χ2v) is 7.49. The highest BCUT2D eigenvalue weighted by Gasteiger charge is 2.34. The Balaban J connectivity index is 1.65. The van der Waals surface area contributed by atoms with Crippen molar-refractivity contribution in [3.63, 3.8) is 0 Å². The van der Waals surface area contributed by atoms with E-state index in [1.165, 1.54) is 0 Å². The second kappa shape index (κ2) is 8.89. The number of pyridine rings is 1. The van der Waals surface area contributed by atoms with Gasteiger partial charge >= 0.3 is 5.97 Å². The Labute approximate surface area is 176 Å². The van der Waals surface area contributed by atoms with Crippen molar-refractivity contribution in [1.29, 1.82) is 0 Å². The third kappa shape index (κ3) is 4.56. The lowest BCUT2D eigenvalue weighted by Crippen LogP contribution is -2.46. The lowest BCUT2D eigenvalue weighted by Gasteiger charge is -2.33. The average molecular weight is 396 g/mol. The van der Waals surface area contributed by atoms with Gasteiger partial charge in [0.05, 0.1) is 5.52 Å². The smallest absolute Gasteiger partial charge is 0.357 e. The van der Waals surface area contributed by atoms with Crippen molar-refractivity contribution in [3.05, 3.63) is 114 Å². The number of benzene rings is 3. The summed E-state index contributed by atoms with van der Waals surface area (Å²) in [7, 11) is 0. The molecule has 0 saturated heterocycles. The molecule has 1 heterocycles. The third-order valence-corrected chi connectivity index (χ3v) is 5.23. The van der Waals surface area contributed by atoms with Crippen LogP contribution in [0.1, 0.15) is 21.6 Å². The lowest BCUT2D eigenvalue weighted by atomic mass is 9.87. The first-order valence-corrected chi connectivity index (χ1v) is 10.0. The number of hydrogen-bond acceptors (Lipinski definition) is 4. The molecule has 0 saturated carbocycles. The Morgan fingerprint density at radius 1 is 0.767 bits per heavy atom. The molecular formula is C26H24N2O2. The van der Waals surface area contributed by atoms with Gasteiger partial charge in [0.15, 0.2) is 0 Å². The van der Waals surface area contributed by atoms with Crippen molar-refractivity contribution in [2.45, 2.75) is 18.4 Å². The first-order chi connectivity index (χ1) is 14.7. The SMILES string of the molecule is NCC(Cc1ccccc1)(Cc1ccccc1)OC(=O)c1ccc2ccccc2n1. The van der Waals surface area contributed by atoms with Gasteiger partial charge in [-0.25, -0.2) is 9.78 Å². The third-order valence-electron chi connectivity index (χ3n) is 5.23. The van der Waals surface area contributed by atoms with Gasteiger partial charge in [-0.3, -0.25) is 0 Å². The average Bonchev–Trinajstić information content (AvgIpc) is 2.80. The fourth-order valence-corrected chi connectivity index (χ4v) is 3.69. The number of esters is 1. The van der Waals surface area contributed by atoms with E-state index < -0.39 is 11.6 Å². The summed E-state index contributed by atoms with van der Waals surface area (Å²) >= 11 is 0. The molecule has 0 bridgehead atoms. The maximum absolute atomic E-state index is 13.1. The van der Waals surface area contributed by atoms with E-state index in [0.717, 1.165) is 22.0 Å². The summed E-state index contributed by atoms with van der Waals surface area (Å²) in [4.78, 5) is 17.6. The van der Waals surface area contributed by atoms with E-state index in [9.17, 15) is 4.79 Å². The minimum atomic E-state index is -0.868. The van der Waals surface area contributed by atoms with Gasteiger partial charge in [0, 0.05) is 24.8 Å². The van der Waals surface area contributed by atoms with Crippen LogP contribution in [0.3, 0.4) is 0 Å². The summed E-state index contributed by atoms with van der Waals surface area (Å²) in [5.74, 6) is -0.460. The standard InChI is InChI=1S/C26H24N2O2/c27-19-26(17-20-9-3-1-4-10-20,18-21-11-5-2-6-12-21)30-25(29)24-16-15-22-13-7-8-14-23(22)28-24/h1-16H,17-19,27H2. The normalized spacial score (nSPS) is 11.4. The number of rotatable bonds is 7. The quantitative estimate of drug-likeness (QED) is 0.465. The largest absolute Gasteiger partial charge is 0.452 e. The van der Waals surface area contributed by atoms with Gasteiger partial charge in [-0.1, -0.05) is 84.9 Å². The highest BCUT2D eigenvalue weighted by Crippen LogP contribution is 2.25. The van der Waals surface area contributed by atoms with Crippen molar-refractivity contribution in [3.8, 4) is 0 Å². The molecule has 1 aromatic heterocycles. The minimum Gasteiger partial charge on any atom is -0.452 e. The lowest BCUT2D eigenvalue weighted by molar-refractivity contribution is -0.0146. The summed E-state index contributed by atoms with van der Waals surface area (Å²) in [6, 6.07) is 31.2. The summed E-state index contributed by atoms with van der Waals surface area (Å²) in [5, 5.41) is 0.979. The summed E-state index contributed by atoms with van der Waals surface area (Å²) in [6.07, 6.45) is 1.05. The molecule has 0 unspecified atom stereocenters. The van der Waals surface area contributed by atoms with Gasteiger partial charge in [0.1, 0.15) is 11.3 Å². The van der Waals surface area contributed by atoms with Crippen molar-refractivity contribution in [2.24, 2.45) is 5.73 Å². The number of carbonyl (C=O) groups excluding carboxylic acids is 1. The van der Waals surface area contributed by atoms with Crippen LogP contribution in [0, 0.1) is 0 Å². The number of carbonyl (C=O) groups is 1. The zero-order valence-electron chi connectivity index (χ0n) is 16.7. The Hall–Kier alpha value is -3.50. The van der Waals surface area contributed by atoms with Crippen LogP contribution in [0.25, 0.3) is 10.9 Å². The molecule has 2 N–H and O–H groups in total. The van der Waals surface area contributed by atoms with Gasteiger partial charge in [-0.05, 0) is 23.3 Å². The summed E-state index contributed by atoms with van der Waals surface area (Å²) in [6.45, 7) is 0.204. The van der Waals surface area contributed by atoms with Crippen LogP contribution < -0.4 is 5.73 Å². The number of aromatic nitrogens is 1. The number of nitrogens with two attached hydrogens (primary N) is 1. The van der Waals surface area contributed by atoms with E-state index in [2.05, 4.69) is 4.98 Å². The molecule has 0 amide bonds. The van der Waals surface area contributed by atoms with E-state index in [1.54, 1.807) is 6.07 Å². The molecule has 30 heavy (non-hydrogen) atoms. The fourth-order valence-electron chi connectivity index (χ4n) is 3.69. The maximum atomic E-state index is 13.1. The monoisotopic (exact) mass is 396 g/mol. The molecule has 150 valence electrons. The van der Waals surface area contributed by atoms with Crippen molar-refractivity contribution in [2.75, 3.05) is 6.54 Å². The molecule has 0 aliphatic carbocycles. The van der Waals surface area contributed by atoms with Crippen molar-refractivity contribution in [1.82, 2.24) is 4.98 Å². The first kappa shape index (κ1) is 19.8. The number of para-hydroxylation sites is 1. The predicted molar refractivity (Wildman–Crippen MR) is 119 cm³/mol. The van der Waals surface area contributed by atoms with E-state index in [4.69, 9.17) is 10.5 Å². The van der Waals surface area contributed by atoms with E-state index in [-0.39, 0.29) is 12.2 Å². The number of fused-ring (bicyclic) bond motifs is 1. The van der Waals surface area contributed by atoms with Crippen LogP contribution in [0.5, 0.6) is 0 Å². The molecule has 0 atom stereocenters. The molecular weight excluding hydrogens is 372 g/mol. The zero-order chi connectivity index (χ0) is 20.8. The van der Waals surface area contributed by atoms with Gasteiger partial charge in [-0.2, -0.15) is 0 Å².